The van der Waals surface area contributed by atoms with Gasteiger partial charge in [0.05, 0.1) is 5.41 Å². The van der Waals surface area contributed by atoms with Crippen molar-refractivity contribution < 1.29 is 4.74 Å². The van der Waals surface area contributed by atoms with Gasteiger partial charge in [-0.2, -0.15) is 0 Å². The third-order valence-electron chi connectivity index (χ3n) is 12.9. The third kappa shape index (κ3) is 3.75. The number of fused-ring (bicyclic) bond motifs is 14. The molecular weight excluding hydrogens is 677 g/mol. The lowest BCUT2D eigenvalue weighted by Crippen LogP contribution is -2.26. The summed E-state index contributed by atoms with van der Waals surface area (Å²) in [7, 11) is 0. The summed E-state index contributed by atoms with van der Waals surface area (Å²) in [4.78, 5) is 0. The monoisotopic (exact) mass is 708 g/mol. The van der Waals surface area contributed by atoms with Gasteiger partial charge in [-0.1, -0.05) is 170 Å². The average Bonchev–Trinajstić information content (AvgIpc) is 3.72. The van der Waals surface area contributed by atoms with E-state index in [9.17, 15) is 0 Å². The molecule has 0 fully saturated rings. The highest BCUT2D eigenvalue weighted by molar-refractivity contribution is 6.15. The van der Waals surface area contributed by atoms with Crippen LogP contribution in [0.2, 0.25) is 0 Å². The van der Waals surface area contributed by atoms with Crippen molar-refractivity contribution >= 4 is 32.3 Å². The molecule has 2 aliphatic carbocycles. The molecule has 0 radical (unpaired) electrons. The molecule has 0 saturated carbocycles. The highest BCUT2D eigenvalue weighted by Gasteiger charge is 2.52. The van der Waals surface area contributed by atoms with Gasteiger partial charge in [0.2, 0.25) is 0 Å². The molecule has 0 unspecified atom stereocenters. The molecule has 3 aliphatic rings. The van der Waals surface area contributed by atoms with Crippen LogP contribution in [0.15, 0.2) is 194 Å². The fourth-order valence-corrected chi connectivity index (χ4v) is 10.7. The summed E-state index contributed by atoms with van der Waals surface area (Å²) >= 11 is 0. The maximum atomic E-state index is 6.53. The zero-order valence-corrected chi connectivity index (χ0v) is 30.4. The zero-order chi connectivity index (χ0) is 36.5. The van der Waals surface area contributed by atoms with Gasteiger partial charge in [0.15, 0.2) is 0 Å². The van der Waals surface area contributed by atoms with E-state index in [0.717, 1.165) is 17.1 Å². The van der Waals surface area contributed by atoms with Crippen molar-refractivity contribution in [1.29, 1.82) is 0 Å². The van der Waals surface area contributed by atoms with E-state index >= 15 is 0 Å². The first kappa shape index (κ1) is 30.1. The first-order valence-electron chi connectivity index (χ1n) is 19.5. The largest absolute Gasteiger partial charge is 0.456 e. The number of benzene rings is 10. The van der Waals surface area contributed by atoms with Gasteiger partial charge in [0, 0.05) is 10.9 Å². The van der Waals surface area contributed by atoms with E-state index in [-0.39, 0.29) is 0 Å². The summed E-state index contributed by atoms with van der Waals surface area (Å²) in [5.74, 6) is 1.82. The van der Waals surface area contributed by atoms with E-state index in [1.54, 1.807) is 0 Å². The first-order chi connectivity index (χ1) is 27.8. The van der Waals surface area contributed by atoms with Gasteiger partial charge in [-0.3, -0.25) is 0 Å². The molecule has 0 atom stereocenters. The van der Waals surface area contributed by atoms with Crippen LogP contribution in [0.1, 0.15) is 22.3 Å². The Hall–Kier alpha value is -7.22. The Morgan fingerprint density at radius 2 is 0.911 bits per heavy atom. The van der Waals surface area contributed by atoms with Gasteiger partial charge in [-0.15, -0.1) is 0 Å². The van der Waals surface area contributed by atoms with E-state index in [1.807, 2.05) is 6.07 Å². The SMILES string of the molecule is c1ccc2c(c1)Oc1ccc(-c3ccc4c(c3)C3(c5ccccc5-c5ccccc53)c3cc5ccccc5c(-c5cccc6ccccc56)c3-4)c3cccc-2c13. The van der Waals surface area contributed by atoms with Crippen LogP contribution in [-0.2, 0) is 5.41 Å². The molecule has 56 heavy (non-hydrogen) atoms. The average molecular weight is 709 g/mol. The van der Waals surface area contributed by atoms with Crippen LogP contribution in [0.25, 0.3) is 88.0 Å². The van der Waals surface area contributed by atoms with Crippen LogP contribution in [0.3, 0.4) is 0 Å². The minimum Gasteiger partial charge on any atom is -0.456 e. The van der Waals surface area contributed by atoms with E-state index in [0.29, 0.717) is 0 Å². The van der Waals surface area contributed by atoms with Crippen LogP contribution in [0.5, 0.6) is 11.5 Å². The summed E-state index contributed by atoms with van der Waals surface area (Å²) in [5, 5.41) is 7.43. The van der Waals surface area contributed by atoms with Gasteiger partial charge in [0.25, 0.3) is 0 Å². The van der Waals surface area contributed by atoms with Gasteiger partial charge < -0.3 is 4.74 Å². The number of para-hydroxylation sites is 1. The van der Waals surface area contributed by atoms with Crippen LogP contribution in [0, 0.1) is 0 Å². The van der Waals surface area contributed by atoms with Crippen LogP contribution in [-0.4, -0.2) is 0 Å². The van der Waals surface area contributed by atoms with Crippen molar-refractivity contribution in [3.63, 3.8) is 0 Å². The molecule has 0 aromatic heterocycles. The Balaban J connectivity index is 1.17. The summed E-state index contributed by atoms with van der Waals surface area (Å²) < 4.78 is 6.53. The lowest BCUT2D eigenvalue weighted by Gasteiger charge is -2.31. The lowest BCUT2D eigenvalue weighted by atomic mass is 9.69. The van der Waals surface area contributed by atoms with E-state index < -0.39 is 5.41 Å². The maximum absolute atomic E-state index is 6.53. The number of rotatable bonds is 2. The molecule has 1 nitrogen and oxygen atoms in total. The van der Waals surface area contributed by atoms with E-state index in [2.05, 4.69) is 188 Å². The van der Waals surface area contributed by atoms with Gasteiger partial charge in [-0.25, -0.2) is 0 Å². The second-order valence-corrected chi connectivity index (χ2v) is 15.5. The van der Waals surface area contributed by atoms with Crippen LogP contribution in [0.4, 0.5) is 0 Å². The molecule has 258 valence electrons. The smallest absolute Gasteiger partial charge is 0.135 e. The first-order valence-corrected chi connectivity index (χ1v) is 19.5. The Labute approximate surface area is 324 Å². The molecule has 1 spiro atoms. The second-order valence-electron chi connectivity index (χ2n) is 15.5. The van der Waals surface area contributed by atoms with Crippen LogP contribution >= 0.6 is 0 Å². The quantitative estimate of drug-likeness (QED) is 0.174. The second kappa shape index (κ2) is 10.9. The zero-order valence-electron chi connectivity index (χ0n) is 30.4. The summed E-state index contributed by atoms with van der Waals surface area (Å²) in [5.41, 5.74) is 17.5. The topological polar surface area (TPSA) is 9.23 Å². The van der Waals surface area contributed by atoms with Gasteiger partial charge in [-0.05, 0) is 124 Å². The van der Waals surface area contributed by atoms with Crippen molar-refractivity contribution in [1.82, 2.24) is 0 Å². The standard InChI is InChI=1S/C55H32O/c1-3-16-36-33(13-1)15-11-21-43(36)53-38-17-4-2-14-34(38)32-49-54(53)45-28-27-35(31-48(45)55(49)46-24-8-5-18-39(46)40-19-6-9-25-47(40)55)37-29-30-51-52-42(37)22-12-23-44(52)41-20-7-10-26-50(41)56-51/h1-32H. The lowest BCUT2D eigenvalue weighted by molar-refractivity contribution is 0.487. The van der Waals surface area contributed by atoms with Gasteiger partial charge >= 0.3 is 0 Å². The Morgan fingerprint density at radius 3 is 1.75 bits per heavy atom. The van der Waals surface area contributed by atoms with Crippen molar-refractivity contribution in [2.45, 2.75) is 5.41 Å². The predicted molar refractivity (Wildman–Crippen MR) is 232 cm³/mol. The Bertz CT molecular complexity index is 3300. The highest BCUT2D eigenvalue weighted by Crippen LogP contribution is 2.65. The molecule has 10 aromatic rings. The molecular formula is C55H32O. The molecule has 0 amide bonds. The molecule has 10 aromatic carbocycles. The minimum absolute atomic E-state index is 0.508. The Kier molecular flexibility index (Phi) is 5.89. The van der Waals surface area contributed by atoms with Crippen molar-refractivity contribution in [3.05, 3.63) is 216 Å². The van der Waals surface area contributed by atoms with Crippen molar-refractivity contribution in [3.8, 4) is 67.1 Å². The Morgan fingerprint density at radius 1 is 0.304 bits per heavy atom. The molecule has 0 N–H and O–H groups in total. The number of hydrogen-bond acceptors (Lipinski definition) is 1. The molecule has 0 saturated heterocycles. The van der Waals surface area contributed by atoms with E-state index in [1.165, 1.54) is 105 Å². The predicted octanol–water partition coefficient (Wildman–Crippen LogP) is 14.6. The number of hydrogen-bond donors (Lipinski definition) is 0. The summed E-state index contributed by atoms with van der Waals surface area (Å²) in [6.07, 6.45) is 0. The normalized spacial score (nSPS) is 13.6. The third-order valence-corrected chi connectivity index (χ3v) is 12.9. The maximum Gasteiger partial charge on any atom is 0.135 e. The molecule has 1 heteroatoms. The fourth-order valence-electron chi connectivity index (χ4n) is 10.7. The van der Waals surface area contributed by atoms with Crippen molar-refractivity contribution in [2.75, 3.05) is 0 Å². The van der Waals surface area contributed by atoms with Crippen LogP contribution < -0.4 is 4.74 Å². The molecule has 1 aliphatic heterocycles. The highest BCUT2D eigenvalue weighted by atomic mass is 16.5. The summed E-state index contributed by atoms with van der Waals surface area (Å²) in [6, 6.07) is 72.2. The molecule has 13 rings (SSSR count). The summed E-state index contributed by atoms with van der Waals surface area (Å²) in [6.45, 7) is 0. The fraction of sp³-hybridized carbons (Fsp3) is 0.0182. The van der Waals surface area contributed by atoms with Gasteiger partial charge in [0.1, 0.15) is 11.5 Å². The van der Waals surface area contributed by atoms with Crippen molar-refractivity contribution in [2.24, 2.45) is 0 Å². The number of ether oxygens (including phenoxy) is 1. The molecule has 0 bridgehead atoms. The molecule has 1 heterocycles. The minimum atomic E-state index is -0.508. The van der Waals surface area contributed by atoms with E-state index in [4.69, 9.17) is 4.74 Å².